The summed E-state index contributed by atoms with van der Waals surface area (Å²) >= 11 is 1.90. The zero-order valence-electron chi connectivity index (χ0n) is 11.2. The van der Waals surface area contributed by atoms with E-state index in [1.807, 2.05) is 11.3 Å². The van der Waals surface area contributed by atoms with E-state index in [0.717, 1.165) is 6.54 Å². The predicted molar refractivity (Wildman–Crippen MR) is 75.6 cm³/mol. The van der Waals surface area contributed by atoms with Gasteiger partial charge in [-0.05, 0) is 51.8 Å². The van der Waals surface area contributed by atoms with E-state index in [4.69, 9.17) is 5.73 Å². The number of hydrogen-bond donors (Lipinski definition) is 1. The molecule has 0 saturated carbocycles. The van der Waals surface area contributed by atoms with E-state index < -0.39 is 0 Å². The second-order valence-corrected chi connectivity index (χ2v) is 6.66. The predicted octanol–water partition coefficient (Wildman–Crippen LogP) is 3.24. The fourth-order valence-electron chi connectivity index (χ4n) is 3.01. The molecule has 1 aromatic heterocycles. The van der Waals surface area contributed by atoms with Crippen LogP contribution in [0.15, 0.2) is 6.07 Å². The summed E-state index contributed by atoms with van der Waals surface area (Å²) in [5.74, 6) is 0. The van der Waals surface area contributed by atoms with E-state index >= 15 is 0 Å². The van der Waals surface area contributed by atoms with Crippen LogP contribution in [0, 0.1) is 13.8 Å². The standard InChI is InChI=1S/C14H24N2S/c1-10-6-4-5-7-16(10)14(9-15)13-8-11(2)17-12(13)3/h8,10,14H,4-7,9,15H2,1-3H3. The normalized spacial score (nSPS) is 23.9. The van der Waals surface area contributed by atoms with E-state index in [1.54, 1.807) is 0 Å². The zero-order valence-corrected chi connectivity index (χ0v) is 12.0. The van der Waals surface area contributed by atoms with Crippen molar-refractivity contribution in [1.82, 2.24) is 4.90 Å². The molecule has 2 atom stereocenters. The van der Waals surface area contributed by atoms with Gasteiger partial charge in [-0.1, -0.05) is 6.42 Å². The Morgan fingerprint density at radius 1 is 1.47 bits per heavy atom. The molecule has 1 aliphatic heterocycles. The van der Waals surface area contributed by atoms with Gasteiger partial charge in [-0.15, -0.1) is 11.3 Å². The van der Waals surface area contributed by atoms with Crippen LogP contribution in [0.3, 0.4) is 0 Å². The van der Waals surface area contributed by atoms with Crippen LogP contribution < -0.4 is 5.73 Å². The summed E-state index contributed by atoms with van der Waals surface area (Å²) in [5.41, 5.74) is 7.50. The Hall–Kier alpha value is -0.380. The molecule has 3 heteroatoms. The molecule has 2 rings (SSSR count). The van der Waals surface area contributed by atoms with Crippen LogP contribution in [-0.2, 0) is 0 Å². The summed E-state index contributed by atoms with van der Waals surface area (Å²) in [6, 6.07) is 3.44. The van der Waals surface area contributed by atoms with Crippen molar-refractivity contribution in [2.24, 2.45) is 5.73 Å². The first-order valence-corrected chi connectivity index (χ1v) is 7.48. The molecule has 0 aromatic carbocycles. The number of rotatable bonds is 3. The zero-order chi connectivity index (χ0) is 12.4. The summed E-state index contributed by atoms with van der Waals surface area (Å²) in [6.07, 6.45) is 4.01. The van der Waals surface area contributed by atoms with Crippen molar-refractivity contribution in [1.29, 1.82) is 0 Å². The van der Waals surface area contributed by atoms with Gasteiger partial charge in [0.25, 0.3) is 0 Å². The number of piperidine rings is 1. The first kappa shape index (κ1) is 13.1. The molecule has 2 unspecified atom stereocenters. The SMILES string of the molecule is Cc1cc(C(CN)N2CCCCC2C)c(C)s1. The van der Waals surface area contributed by atoms with Crippen LogP contribution in [0.25, 0.3) is 0 Å². The lowest BCUT2D eigenvalue weighted by atomic mass is 9.97. The molecule has 0 aliphatic carbocycles. The third-order valence-electron chi connectivity index (χ3n) is 3.92. The molecule has 0 amide bonds. The van der Waals surface area contributed by atoms with Crippen LogP contribution in [0.1, 0.15) is 47.5 Å². The average Bonchev–Trinajstić information content (AvgIpc) is 2.62. The third kappa shape index (κ3) is 2.72. The number of likely N-dealkylation sites (tertiary alicyclic amines) is 1. The van der Waals surface area contributed by atoms with Crippen molar-refractivity contribution in [3.05, 3.63) is 21.4 Å². The minimum atomic E-state index is 0.426. The number of thiophene rings is 1. The molecule has 2 nitrogen and oxygen atoms in total. The molecule has 17 heavy (non-hydrogen) atoms. The lowest BCUT2D eigenvalue weighted by Crippen LogP contribution is -2.43. The smallest absolute Gasteiger partial charge is 0.0484 e. The van der Waals surface area contributed by atoms with Gasteiger partial charge < -0.3 is 5.73 Å². The second-order valence-electron chi connectivity index (χ2n) is 5.20. The first-order valence-electron chi connectivity index (χ1n) is 6.66. The topological polar surface area (TPSA) is 29.3 Å². The fraction of sp³-hybridized carbons (Fsp3) is 0.714. The van der Waals surface area contributed by atoms with Crippen molar-refractivity contribution in [3.63, 3.8) is 0 Å². The molecule has 2 N–H and O–H groups in total. The van der Waals surface area contributed by atoms with E-state index in [1.165, 1.54) is 41.1 Å². The van der Waals surface area contributed by atoms with Crippen LogP contribution in [0.2, 0.25) is 0 Å². The highest BCUT2D eigenvalue weighted by atomic mass is 32.1. The lowest BCUT2D eigenvalue weighted by molar-refractivity contribution is 0.109. The molecule has 0 radical (unpaired) electrons. The van der Waals surface area contributed by atoms with E-state index in [2.05, 4.69) is 31.7 Å². The Morgan fingerprint density at radius 2 is 2.24 bits per heavy atom. The lowest BCUT2D eigenvalue weighted by Gasteiger charge is -2.39. The third-order valence-corrected chi connectivity index (χ3v) is 4.90. The molecule has 0 spiro atoms. The number of hydrogen-bond acceptors (Lipinski definition) is 3. The van der Waals surface area contributed by atoms with Crippen LogP contribution in [-0.4, -0.2) is 24.0 Å². The van der Waals surface area contributed by atoms with Crippen molar-refractivity contribution in [3.8, 4) is 0 Å². The van der Waals surface area contributed by atoms with Crippen molar-refractivity contribution in [2.45, 2.75) is 52.1 Å². The summed E-state index contributed by atoms with van der Waals surface area (Å²) in [6.45, 7) is 8.70. The van der Waals surface area contributed by atoms with E-state index in [0.29, 0.717) is 12.1 Å². The monoisotopic (exact) mass is 252 g/mol. The molecule has 2 heterocycles. The quantitative estimate of drug-likeness (QED) is 0.895. The molecular weight excluding hydrogens is 228 g/mol. The summed E-state index contributed by atoms with van der Waals surface area (Å²) in [5, 5.41) is 0. The minimum absolute atomic E-state index is 0.426. The molecule has 1 saturated heterocycles. The van der Waals surface area contributed by atoms with Gasteiger partial charge in [0.1, 0.15) is 0 Å². The van der Waals surface area contributed by atoms with Crippen LogP contribution in [0.5, 0.6) is 0 Å². The maximum absolute atomic E-state index is 6.04. The van der Waals surface area contributed by atoms with Crippen LogP contribution >= 0.6 is 11.3 Å². The fourth-order valence-corrected chi connectivity index (χ4v) is 3.99. The number of aryl methyl sites for hydroxylation is 2. The second kappa shape index (κ2) is 5.51. The summed E-state index contributed by atoms with van der Waals surface area (Å²) < 4.78 is 0. The Balaban J connectivity index is 2.23. The van der Waals surface area contributed by atoms with Gasteiger partial charge in [-0.2, -0.15) is 0 Å². The molecule has 96 valence electrons. The summed E-state index contributed by atoms with van der Waals surface area (Å²) in [4.78, 5) is 5.45. The van der Waals surface area contributed by atoms with Crippen molar-refractivity contribution < 1.29 is 0 Å². The van der Waals surface area contributed by atoms with E-state index in [-0.39, 0.29) is 0 Å². The first-order chi connectivity index (χ1) is 8.13. The molecule has 1 fully saturated rings. The number of nitrogens with zero attached hydrogens (tertiary/aromatic N) is 1. The highest BCUT2D eigenvalue weighted by Crippen LogP contribution is 2.33. The maximum atomic E-state index is 6.04. The van der Waals surface area contributed by atoms with Gasteiger partial charge in [-0.3, -0.25) is 4.90 Å². The Morgan fingerprint density at radius 3 is 2.76 bits per heavy atom. The van der Waals surface area contributed by atoms with Crippen LogP contribution in [0.4, 0.5) is 0 Å². The largest absolute Gasteiger partial charge is 0.329 e. The summed E-state index contributed by atoms with van der Waals surface area (Å²) in [7, 11) is 0. The molecule has 0 bridgehead atoms. The highest BCUT2D eigenvalue weighted by Gasteiger charge is 2.27. The van der Waals surface area contributed by atoms with Gasteiger partial charge in [0.05, 0.1) is 0 Å². The average molecular weight is 252 g/mol. The molecule has 1 aromatic rings. The van der Waals surface area contributed by atoms with Gasteiger partial charge in [0.2, 0.25) is 0 Å². The molecule has 1 aliphatic rings. The minimum Gasteiger partial charge on any atom is -0.329 e. The van der Waals surface area contributed by atoms with E-state index in [9.17, 15) is 0 Å². The van der Waals surface area contributed by atoms with Crippen molar-refractivity contribution in [2.75, 3.05) is 13.1 Å². The van der Waals surface area contributed by atoms with Gasteiger partial charge in [0, 0.05) is 28.4 Å². The highest BCUT2D eigenvalue weighted by molar-refractivity contribution is 7.12. The Labute approximate surface area is 109 Å². The van der Waals surface area contributed by atoms with Gasteiger partial charge in [-0.25, -0.2) is 0 Å². The van der Waals surface area contributed by atoms with Crippen molar-refractivity contribution >= 4 is 11.3 Å². The maximum Gasteiger partial charge on any atom is 0.0484 e. The van der Waals surface area contributed by atoms with Gasteiger partial charge >= 0.3 is 0 Å². The molecular formula is C14H24N2S. The Bertz CT molecular complexity index is 372. The number of nitrogens with two attached hydrogens (primary N) is 1. The Kier molecular flexibility index (Phi) is 4.23. The van der Waals surface area contributed by atoms with Gasteiger partial charge in [0.15, 0.2) is 0 Å².